The maximum Gasteiger partial charge on any atom is 0.407 e. The predicted molar refractivity (Wildman–Crippen MR) is 96.7 cm³/mol. The van der Waals surface area contributed by atoms with Crippen molar-refractivity contribution in [2.24, 2.45) is 0 Å². The molecule has 0 aromatic heterocycles. The number of benzene rings is 2. The Labute approximate surface area is 147 Å². The van der Waals surface area contributed by atoms with Crippen LogP contribution in [-0.2, 0) is 11.3 Å². The maximum atomic E-state index is 11.6. The highest BCUT2D eigenvalue weighted by Crippen LogP contribution is 2.19. The van der Waals surface area contributed by atoms with E-state index in [1.165, 1.54) is 7.11 Å². The number of carbonyl (C=O) groups excluding carboxylic acids is 2. The highest BCUT2D eigenvalue weighted by Gasteiger charge is 2.02. The Hall–Kier alpha value is -3.08. The van der Waals surface area contributed by atoms with Crippen LogP contribution in [0, 0.1) is 0 Å². The summed E-state index contributed by atoms with van der Waals surface area (Å²) in [6.45, 7) is 0.735. The summed E-state index contributed by atoms with van der Waals surface area (Å²) in [5.41, 5.74) is 2.39. The van der Waals surface area contributed by atoms with E-state index in [1.54, 1.807) is 12.1 Å². The van der Waals surface area contributed by atoms with Crippen molar-refractivity contribution in [2.45, 2.75) is 13.0 Å². The molecule has 0 unspecified atom stereocenters. The van der Waals surface area contributed by atoms with E-state index in [0.29, 0.717) is 24.3 Å². The van der Waals surface area contributed by atoms with Gasteiger partial charge in [0.2, 0.25) is 0 Å². The van der Waals surface area contributed by atoms with Gasteiger partial charge in [-0.25, -0.2) is 4.79 Å². The summed E-state index contributed by atoms with van der Waals surface area (Å²) in [4.78, 5) is 22.5. The summed E-state index contributed by atoms with van der Waals surface area (Å²) in [6, 6.07) is 14.9. The second kappa shape index (κ2) is 9.93. The van der Waals surface area contributed by atoms with Gasteiger partial charge in [-0.2, -0.15) is 0 Å². The van der Waals surface area contributed by atoms with Crippen molar-refractivity contribution in [2.75, 3.05) is 13.7 Å². The highest BCUT2D eigenvalue weighted by atomic mass is 16.5. The number of hydrogen-bond donors (Lipinski definition) is 1. The van der Waals surface area contributed by atoms with Crippen LogP contribution in [0.3, 0.4) is 0 Å². The van der Waals surface area contributed by atoms with Crippen molar-refractivity contribution in [1.29, 1.82) is 0 Å². The molecule has 0 spiro atoms. The third kappa shape index (κ3) is 6.14. The summed E-state index contributed by atoms with van der Waals surface area (Å²) in [5, 5.41) is 2.70. The molecule has 5 heteroatoms. The van der Waals surface area contributed by atoms with Gasteiger partial charge >= 0.3 is 6.09 Å². The Kier molecular flexibility index (Phi) is 7.25. The molecule has 2 aromatic rings. The number of alkyl carbamates (subject to hydrolysis) is 1. The Morgan fingerprint density at radius 2 is 1.96 bits per heavy atom. The molecule has 2 rings (SSSR count). The van der Waals surface area contributed by atoms with Crippen molar-refractivity contribution in [3.63, 3.8) is 0 Å². The minimum atomic E-state index is -0.436. The van der Waals surface area contributed by atoms with E-state index in [2.05, 4.69) is 5.32 Å². The van der Waals surface area contributed by atoms with Gasteiger partial charge in [0, 0.05) is 6.54 Å². The molecule has 0 bridgehead atoms. The van der Waals surface area contributed by atoms with Crippen LogP contribution in [-0.4, -0.2) is 26.0 Å². The standard InChI is InChI=1S/C20H21NO4/c1-24-19-13-16(10-11-18(19)14-22)7-5-6-12-21-20(23)25-15-17-8-3-2-4-9-17/h2-5,7-11,13-14H,6,12,15H2,1H3,(H,21,23). The van der Waals surface area contributed by atoms with Crippen LogP contribution in [0.5, 0.6) is 5.75 Å². The molecule has 5 nitrogen and oxygen atoms in total. The first kappa shape index (κ1) is 18.3. The SMILES string of the molecule is COc1cc(C=CCCNC(=O)OCc2ccccc2)ccc1C=O. The van der Waals surface area contributed by atoms with Crippen LogP contribution >= 0.6 is 0 Å². The minimum Gasteiger partial charge on any atom is -0.496 e. The van der Waals surface area contributed by atoms with Gasteiger partial charge in [0.1, 0.15) is 12.4 Å². The lowest BCUT2D eigenvalue weighted by Gasteiger charge is -2.06. The second-order valence-electron chi connectivity index (χ2n) is 5.30. The molecule has 0 atom stereocenters. The molecule has 0 aliphatic carbocycles. The first-order valence-electron chi connectivity index (χ1n) is 7.97. The number of amides is 1. The molecule has 0 radical (unpaired) electrons. The van der Waals surface area contributed by atoms with Crippen molar-refractivity contribution in [3.05, 3.63) is 71.3 Å². The van der Waals surface area contributed by atoms with Gasteiger partial charge in [-0.05, 0) is 29.7 Å². The zero-order chi connectivity index (χ0) is 17.9. The average Bonchev–Trinajstić information content (AvgIpc) is 2.66. The molecule has 0 heterocycles. The summed E-state index contributed by atoms with van der Waals surface area (Å²) < 4.78 is 10.3. The van der Waals surface area contributed by atoms with Gasteiger partial charge in [-0.1, -0.05) is 48.6 Å². The quantitative estimate of drug-likeness (QED) is 0.586. The molecule has 0 aliphatic heterocycles. The Bertz CT molecular complexity index is 726. The summed E-state index contributed by atoms with van der Waals surface area (Å²) >= 11 is 0. The summed E-state index contributed by atoms with van der Waals surface area (Å²) in [6.07, 6.45) is 4.84. The molecule has 0 saturated heterocycles. The normalized spacial score (nSPS) is 10.4. The Morgan fingerprint density at radius 3 is 2.68 bits per heavy atom. The third-order valence-corrected chi connectivity index (χ3v) is 3.49. The predicted octanol–water partition coefficient (Wildman–Crippen LogP) is 3.84. The fourth-order valence-corrected chi connectivity index (χ4v) is 2.18. The topological polar surface area (TPSA) is 64.6 Å². The van der Waals surface area contributed by atoms with Crippen LogP contribution < -0.4 is 10.1 Å². The van der Waals surface area contributed by atoms with Crippen molar-refractivity contribution in [3.8, 4) is 5.75 Å². The Morgan fingerprint density at radius 1 is 1.16 bits per heavy atom. The fraction of sp³-hybridized carbons (Fsp3) is 0.200. The van der Waals surface area contributed by atoms with E-state index in [-0.39, 0.29) is 6.61 Å². The van der Waals surface area contributed by atoms with E-state index >= 15 is 0 Å². The van der Waals surface area contributed by atoms with E-state index < -0.39 is 6.09 Å². The number of nitrogens with one attached hydrogen (secondary N) is 1. The number of methoxy groups -OCH3 is 1. The largest absolute Gasteiger partial charge is 0.496 e. The molecule has 1 amide bonds. The third-order valence-electron chi connectivity index (χ3n) is 3.49. The first-order valence-corrected chi connectivity index (χ1v) is 7.97. The molecule has 25 heavy (non-hydrogen) atoms. The smallest absolute Gasteiger partial charge is 0.407 e. The van der Waals surface area contributed by atoms with E-state index in [4.69, 9.17) is 9.47 Å². The van der Waals surface area contributed by atoms with Crippen molar-refractivity contribution >= 4 is 18.5 Å². The lowest BCUT2D eigenvalue weighted by atomic mass is 10.1. The van der Waals surface area contributed by atoms with Crippen LogP contribution in [0.4, 0.5) is 4.79 Å². The number of aldehydes is 1. The van der Waals surface area contributed by atoms with E-state index in [1.807, 2.05) is 48.6 Å². The van der Waals surface area contributed by atoms with Crippen LogP contribution in [0.15, 0.2) is 54.6 Å². The van der Waals surface area contributed by atoms with Crippen LogP contribution in [0.2, 0.25) is 0 Å². The van der Waals surface area contributed by atoms with E-state index in [9.17, 15) is 9.59 Å². The van der Waals surface area contributed by atoms with Gasteiger partial charge in [0.05, 0.1) is 12.7 Å². The number of carbonyl (C=O) groups is 2. The Balaban J connectivity index is 1.70. The zero-order valence-electron chi connectivity index (χ0n) is 14.1. The first-order chi connectivity index (χ1) is 12.2. The molecular formula is C20H21NO4. The lowest BCUT2D eigenvalue weighted by Crippen LogP contribution is -2.24. The zero-order valence-corrected chi connectivity index (χ0v) is 14.1. The number of rotatable bonds is 8. The molecule has 0 aliphatic rings. The molecular weight excluding hydrogens is 318 g/mol. The summed E-state index contributed by atoms with van der Waals surface area (Å²) in [5.74, 6) is 0.541. The van der Waals surface area contributed by atoms with Crippen molar-refractivity contribution < 1.29 is 19.1 Å². The molecule has 2 aromatic carbocycles. The average molecular weight is 339 g/mol. The maximum absolute atomic E-state index is 11.6. The van der Waals surface area contributed by atoms with Crippen LogP contribution in [0.1, 0.15) is 27.9 Å². The molecule has 1 N–H and O–H groups in total. The number of ether oxygens (including phenoxy) is 2. The molecule has 0 fully saturated rings. The fourth-order valence-electron chi connectivity index (χ4n) is 2.18. The second-order valence-corrected chi connectivity index (χ2v) is 5.30. The van der Waals surface area contributed by atoms with Crippen LogP contribution in [0.25, 0.3) is 6.08 Å². The van der Waals surface area contributed by atoms with Gasteiger partial charge < -0.3 is 14.8 Å². The molecule has 0 saturated carbocycles. The number of hydrogen-bond acceptors (Lipinski definition) is 4. The lowest BCUT2D eigenvalue weighted by molar-refractivity contribution is 0.112. The summed E-state index contributed by atoms with van der Waals surface area (Å²) in [7, 11) is 1.53. The van der Waals surface area contributed by atoms with Gasteiger partial charge in [-0.3, -0.25) is 4.79 Å². The highest BCUT2D eigenvalue weighted by molar-refractivity contribution is 5.80. The van der Waals surface area contributed by atoms with E-state index in [0.717, 1.165) is 17.4 Å². The molecule has 130 valence electrons. The minimum absolute atomic E-state index is 0.255. The van der Waals surface area contributed by atoms with Gasteiger partial charge in [-0.15, -0.1) is 0 Å². The monoisotopic (exact) mass is 339 g/mol. The van der Waals surface area contributed by atoms with Gasteiger partial charge in [0.25, 0.3) is 0 Å². The van der Waals surface area contributed by atoms with Gasteiger partial charge in [0.15, 0.2) is 6.29 Å². The van der Waals surface area contributed by atoms with Crippen molar-refractivity contribution in [1.82, 2.24) is 5.32 Å².